The molecular weight excluding hydrogens is 717 g/mol. The van der Waals surface area contributed by atoms with Crippen LogP contribution in [0.15, 0.2) is 186 Å². The van der Waals surface area contributed by atoms with Gasteiger partial charge in [0, 0.05) is 43.9 Å². The topological polar surface area (TPSA) is 75.2 Å². The second-order valence-electron chi connectivity index (χ2n) is 14.4. The molecule has 7 nitrogen and oxygen atoms in total. The van der Waals surface area contributed by atoms with E-state index in [1.165, 1.54) is 0 Å². The molecule has 7 heteroatoms. The highest BCUT2D eigenvalue weighted by Gasteiger charge is 2.22. The van der Waals surface area contributed by atoms with Gasteiger partial charge in [0.15, 0.2) is 40.5 Å². The quantitative estimate of drug-likeness (QED) is 0.175. The first-order valence-electron chi connectivity index (χ1n) is 19.2. The first-order valence-corrected chi connectivity index (χ1v) is 19.2. The van der Waals surface area contributed by atoms with Gasteiger partial charge in [-0.25, -0.2) is 15.0 Å². The SMILES string of the molecule is c1ccc(-c2nc(-c3ccc4c(c3)oc3cccc(-c5ccc6c(c5)Oc5ccccc5O6)c34)nc(-c3ccc4c(c3)c3ccccc3n4-c3ccccc3)n2)cc1. The fourth-order valence-corrected chi connectivity index (χ4v) is 8.22. The molecule has 272 valence electrons. The van der Waals surface area contributed by atoms with Crippen LogP contribution in [0.4, 0.5) is 0 Å². The van der Waals surface area contributed by atoms with E-state index in [9.17, 15) is 0 Å². The average molecular weight is 747 g/mol. The van der Waals surface area contributed by atoms with E-state index in [-0.39, 0.29) is 0 Å². The van der Waals surface area contributed by atoms with Crippen molar-refractivity contribution in [1.82, 2.24) is 19.5 Å². The monoisotopic (exact) mass is 746 g/mol. The van der Waals surface area contributed by atoms with E-state index in [0.29, 0.717) is 40.5 Å². The van der Waals surface area contributed by atoms with Gasteiger partial charge in [-0.05, 0) is 90.0 Å². The molecule has 3 aromatic heterocycles. The van der Waals surface area contributed by atoms with Crippen LogP contribution in [-0.2, 0) is 0 Å². The van der Waals surface area contributed by atoms with Crippen LogP contribution in [0, 0.1) is 0 Å². The highest BCUT2D eigenvalue weighted by molar-refractivity contribution is 6.13. The van der Waals surface area contributed by atoms with E-state index in [1.807, 2.05) is 91.0 Å². The maximum atomic E-state index is 6.56. The van der Waals surface area contributed by atoms with Crippen LogP contribution in [-0.4, -0.2) is 19.5 Å². The van der Waals surface area contributed by atoms with Gasteiger partial charge in [-0.15, -0.1) is 0 Å². The van der Waals surface area contributed by atoms with Gasteiger partial charge in [0.2, 0.25) is 0 Å². The van der Waals surface area contributed by atoms with Gasteiger partial charge in [-0.3, -0.25) is 0 Å². The second-order valence-corrected chi connectivity index (χ2v) is 14.4. The van der Waals surface area contributed by atoms with E-state index in [1.54, 1.807) is 0 Å². The average Bonchev–Trinajstić information content (AvgIpc) is 3.84. The standard InChI is InChI=1S/C51H30N4O3/c1-3-12-31(13-4-1)49-52-50(33-23-26-41-39(28-33)37-16-7-8-18-40(37)55(41)35-14-5-2-6-15-35)54-51(53-49)34-22-25-38-46(30-34)58-45-21-11-17-36(48(38)45)32-24-27-44-47(29-32)57-43-20-10-9-19-42(43)56-44/h1-30H. The number of ether oxygens (including phenoxy) is 2. The third-order valence-electron chi connectivity index (χ3n) is 10.9. The van der Waals surface area contributed by atoms with Gasteiger partial charge < -0.3 is 18.5 Å². The zero-order valence-corrected chi connectivity index (χ0v) is 30.8. The van der Waals surface area contributed by atoms with Crippen molar-refractivity contribution in [2.24, 2.45) is 0 Å². The first-order chi connectivity index (χ1) is 28.7. The molecule has 0 spiro atoms. The predicted octanol–water partition coefficient (Wildman–Crippen LogP) is 13.4. The van der Waals surface area contributed by atoms with Gasteiger partial charge in [-0.1, -0.05) is 103 Å². The number of rotatable bonds is 5. The summed E-state index contributed by atoms with van der Waals surface area (Å²) in [6, 6.07) is 61.6. The van der Waals surface area contributed by atoms with E-state index >= 15 is 0 Å². The number of nitrogens with zero attached hydrogens (tertiary/aromatic N) is 4. The normalized spacial score (nSPS) is 12.1. The predicted molar refractivity (Wildman–Crippen MR) is 230 cm³/mol. The van der Waals surface area contributed by atoms with E-state index in [0.717, 1.165) is 77.2 Å². The van der Waals surface area contributed by atoms with Crippen molar-refractivity contribution >= 4 is 43.7 Å². The Bertz CT molecular complexity index is 3410. The lowest BCUT2D eigenvalue weighted by atomic mass is 9.98. The smallest absolute Gasteiger partial charge is 0.170 e. The van der Waals surface area contributed by atoms with Crippen molar-refractivity contribution in [2.75, 3.05) is 0 Å². The van der Waals surface area contributed by atoms with Crippen molar-refractivity contribution in [3.8, 4) is 74.0 Å². The van der Waals surface area contributed by atoms with Gasteiger partial charge in [0.05, 0.1) is 11.0 Å². The van der Waals surface area contributed by atoms with Crippen LogP contribution < -0.4 is 9.47 Å². The molecule has 0 bridgehead atoms. The third kappa shape index (κ3) is 5.18. The van der Waals surface area contributed by atoms with Crippen LogP contribution in [0.5, 0.6) is 23.0 Å². The number of para-hydroxylation sites is 4. The Kier molecular flexibility index (Phi) is 7.09. The maximum absolute atomic E-state index is 6.56. The summed E-state index contributed by atoms with van der Waals surface area (Å²) in [4.78, 5) is 15.2. The molecule has 11 aromatic rings. The Morgan fingerprint density at radius 3 is 1.79 bits per heavy atom. The summed E-state index contributed by atoms with van der Waals surface area (Å²) in [6.07, 6.45) is 0. The minimum atomic E-state index is 0.561. The molecule has 0 N–H and O–H groups in total. The highest BCUT2D eigenvalue weighted by atomic mass is 16.6. The molecule has 0 amide bonds. The third-order valence-corrected chi connectivity index (χ3v) is 10.9. The molecule has 0 saturated carbocycles. The lowest BCUT2D eigenvalue weighted by Gasteiger charge is -2.21. The molecule has 0 saturated heterocycles. The number of fused-ring (bicyclic) bond motifs is 8. The van der Waals surface area contributed by atoms with Crippen molar-refractivity contribution in [3.63, 3.8) is 0 Å². The number of furan rings is 1. The molecule has 1 aliphatic heterocycles. The summed E-state index contributed by atoms with van der Waals surface area (Å²) in [7, 11) is 0. The molecular formula is C51H30N4O3. The Labute approximate surface area is 332 Å². The summed E-state index contributed by atoms with van der Waals surface area (Å²) in [5.41, 5.74) is 9.57. The molecule has 8 aromatic carbocycles. The van der Waals surface area contributed by atoms with Crippen molar-refractivity contribution in [1.29, 1.82) is 0 Å². The summed E-state index contributed by atoms with van der Waals surface area (Å²) in [5, 5.41) is 4.30. The molecule has 0 unspecified atom stereocenters. The largest absolute Gasteiger partial charge is 0.456 e. The van der Waals surface area contributed by atoms with Gasteiger partial charge >= 0.3 is 0 Å². The molecule has 58 heavy (non-hydrogen) atoms. The Hall–Kier alpha value is -8.03. The molecule has 0 fully saturated rings. The minimum absolute atomic E-state index is 0.561. The summed E-state index contributed by atoms with van der Waals surface area (Å²) in [6.45, 7) is 0. The molecule has 0 radical (unpaired) electrons. The van der Waals surface area contributed by atoms with Gasteiger partial charge in [0.25, 0.3) is 0 Å². The van der Waals surface area contributed by atoms with Crippen LogP contribution >= 0.6 is 0 Å². The highest BCUT2D eigenvalue weighted by Crippen LogP contribution is 2.47. The fourth-order valence-electron chi connectivity index (χ4n) is 8.22. The lowest BCUT2D eigenvalue weighted by Crippen LogP contribution is -2.00. The Morgan fingerprint density at radius 2 is 0.983 bits per heavy atom. The van der Waals surface area contributed by atoms with Gasteiger partial charge in [0.1, 0.15) is 11.2 Å². The number of aromatic nitrogens is 4. The van der Waals surface area contributed by atoms with Crippen LogP contribution in [0.1, 0.15) is 0 Å². The van der Waals surface area contributed by atoms with Crippen LogP contribution in [0.3, 0.4) is 0 Å². The Morgan fingerprint density at radius 1 is 0.362 bits per heavy atom. The summed E-state index contributed by atoms with van der Waals surface area (Å²) < 4.78 is 21.3. The fraction of sp³-hybridized carbons (Fsp3) is 0. The summed E-state index contributed by atoms with van der Waals surface area (Å²) >= 11 is 0. The zero-order chi connectivity index (χ0) is 38.2. The van der Waals surface area contributed by atoms with Crippen molar-refractivity contribution in [2.45, 2.75) is 0 Å². The second kappa shape index (κ2) is 12.8. The molecule has 4 heterocycles. The molecule has 0 atom stereocenters. The minimum Gasteiger partial charge on any atom is -0.456 e. The molecule has 12 rings (SSSR count). The molecule has 1 aliphatic rings. The van der Waals surface area contributed by atoms with Crippen molar-refractivity contribution in [3.05, 3.63) is 182 Å². The van der Waals surface area contributed by atoms with Crippen LogP contribution in [0.25, 0.3) is 94.7 Å². The lowest BCUT2D eigenvalue weighted by molar-refractivity contribution is 0.360. The van der Waals surface area contributed by atoms with E-state index in [2.05, 4.69) is 95.6 Å². The maximum Gasteiger partial charge on any atom is 0.170 e. The van der Waals surface area contributed by atoms with E-state index in [4.69, 9.17) is 28.8 Å². The number of hydrogen-bond donors (Lipinski definition) is 0. The van der Waals surface area contributed by atoms with Crippen molar-refractivity contribution < 1.29 is 13.9 Å². The van der Waals surface area contributed by atoms with Crippen LogP contribution in [0.2, 0.25) is 0 Å². The number of benzene rings is 8. The summed E-state index contributed by atoms with van der Waals surface area (Å²) in [5.74, 6) is 4.50. The number of hydrogen-bond acceptors (Lipinski definition) is 6. The van der Waals surface area contributed by atoms with Gasteiger partial charge in [-0.2, -0.15) is 0 Å². The first kappa shape index (κ1) is 32.2. The zero-order valence-electron chi connectivity index (χ0n) is 30.8. The molecule has 0 aliphatic carbocycles. The van der Waals surface area contributed by atoms with E-state index < -0.39 is 0 Å². The Balaban J connectivity index is 0.982.